The summed E-state index contributed by atoms with van der Waals surface area (Å²) < 4.78 is 38.2. The fourth-order valence-electron chi connectivity index (χ4n) is 5.10. The van der Waals surface area contributed by atoms with Crippen molar-refractivity contribution in [2.75, 3.05) is 73.7 Å². The summed E-state index contributed by atoms with van der Waals surface area (Å²) in [5, 5.41) is 0. The number of likely N-dealkylation sites (N-methyl/N-ethyl adjacent to an activating group) is 2. The highest BCUT2D eigenvalue weighted by Crippen LogP contribution is 2.27. The van der Waals surface area contributed by atoms with Crippen LogP contribution in [0.15, 0.2) is 17.0 Å². The molecule has 0 unspecified atom stereocenters. The number of sulfonamides is 1. The molecule has 1 aromatic rings. The summed E-state index contributed by atoms with van der Waals surface area (Å²) in [6, 6.07) is 3.47. The Morgan fingerprint density at radius 1 is 1.03 bits per heavy atom. The average Bonchev–Trinajstić information content (AvgIpc) is 3.38. The standard InChI is InChI=1S/C26H42N4O6S/c1-20-16-23(35-5)17-21(2)26(20)37(33,34)27(3)14-15-36-19-25(32)28(4)22-8-12-30(13-9-22)24(31)18-29-10-6-7-11-29/h16-17,22H,6-15,18-19H2,1-5H3. The molecule has 208 valence electrons. The monoisotopic (exact) mass is 538 g/mol. The van der Waals surface area contributed by atoms with Crippen LogP contribution in [0.5, 0.6) is 5.75 Å². The minimum absolute atomic E-state index is 0.0658. The number of carbonyl (C=O) groups is 2. The van der Waals surface area contributed by atoms with E-state index >= 15 is 0 Å². The molecule has 3 rings (SSSR count). The van der Waals surface area contributed by atoms with Crippen LogP contribution < -0.4 is 4.74 Å². The van der Waals surface area contributed by atoms with E-state index < -0.39 is 10.0 Å². The first-order valence-corrected chi connectivity index (χ1v) is 14.4. The summed E-state index contributed by atoms with van der Waals surface area (Å²) in [7, 11) is 1.11. The molecule has 0 N–H and O–H groups in total. The van der Waals surface area contributed by atoms with Crippen LogP contribution in [0.4, 0.5) is 0 Å². The largest absolute Gasteiger partial charge is 0.497 e. The number of carbonyl (C=O) groups excluding carboxylic acids is 2. The number of likely N-dealkylation sites (tertiary alicyclic amines) is 2. The van der Waals surface area contributed by atoms with Crippen LogP contribution in [0.1, 0.15) is 36.8 Å². The first-order valence-electron chi connectivity index (χ1n) is 13.0. The molecule has 0 bridgehead atoms. The lowest BCUT2D eigenvalue weighted by Gasteiger charge is -2.37. The molecule has 0 atom stereocenters. The Bertz CT molecular complexity index is 1030. The van der Waals surface area contributed by atoms with Crippen molar-refractivity contribution < 1.29 is 27.5 Å². The fraction of sp³-hybridized carbons (Fsp3) is 0.692. The number of hydrogen-bond donors (Lipinski definition) is 0. The Morgan fingerprint density at radius 3 is 2.19 bits per heavy atom. The Balaban J connectivity index is 1.41. The molecule has 2 aliphatic rings. The molecule has 2 aliphatic heterocycles. The van der Waals surface area contributed by atoms with Gasteiger partial charge < -0.3 is 19.3 Å². The van der Waals surface area contributed by atoms with Crippen molar-refractivity contribution in [3.05, 3.63) is 23.3 Å². The highest BCUT2D eigenvalue weighted by Gasteiger charge is 2.29. The topological polar surface area (TPSA) is 99.7 Å². The van der Waals surface area contributed by atoms with Crippen LogP contribution in [-0.2, 0) is 24.3 Å². The van der Waals surface area contributed by atoms with Crippen molar-refractivity contribution >= 4 is 21.8 Å². The molecule has 2 saturated heterocycles. The van der Waals surface area contributed by atoms with Gasteiger partial charge in [-0.05, 0) is 75.9 Å². The van der Waals surface area contributed by atoms with E-state index in [0.717, 1.165) is 25.9 Å². The van der Waals surface area contributed by atoms with Gasteiger partial charge in [0.2, 0.25) is 21.8 Å². The van der Waals surface area contributed by atoms with Crippen LogP contribution in [0, 0.1) is 13.8 Å². The normalized spacial score (nSPS) is 17.4. The third kappa shape index (κ3) is 7.43. The molecule has 0 aliphatic carbocycles. The number of rotatable bonds is 11. The number of hydrogen-bond acceptors (Lipinski definition) is 7. The Labute approximate surface area is 221 Å². The van der Waals surface area contributed by atoms with Gasteiger partial charge in [-0.2, -0.15) is 4.31 Å². The summed E-state index contributed by atoms with van der Waals surface area (Å²) in [4.78, 5) is 31.3. The lowest BCUT2D eigenvalue weighted by molar-refractivity contribution is -0.139. The molecule has 0 spiro atoms. The number of benzene rings is 1. The smallest absolute Gasteiger partial charge is 0.248 e. The highest BCUT2D eigenvalue weighted by atomic mass is 32.2. The van der Waals surface area contributed by atoms with E-state index in [9.17, 15) is 18.0 Å². The third-order valence-electron chi connectivity index (χ3n) is 7.43. The Kier molecular flexibility index (Phi) is 10.3. The van der Waals surface area contributed by atoms with Gasteiger partial charge in [-0.1, -0.05) is 0 Å². The average molecular weight is 539 g/mol. The van der Waals surface area contributed by atoms with Crippen LogP contribution in [0.2, 0.25) is 0 Å². The minimum Gasteiger partial charge on any atom is -0.497 e. The van der Waals surface area contributed by atoms with Crippen molar-refractivity contribution in [1.29, 1.82) is 0 Å². The Morgan fingerprint density at radius 2 is 1.62 bits per heavy atom. The van der Waals surface area contributed by atoms with E-state index in [1.807, 2.05) is 4.90 Å². The predicted octanol–water partition coefficient (Wildman–Crippen LogP) is 1.49. The van der Waals surface area contributed by atoms with Gasteiger partial charge in [-0.3, -0.25) is 14.5 Å². The second-order valence-corrected chi connectivity index (χ2v) is 12.1. The molecule has 2 heterocycles. The maximum absolute atomic E-state index is 13.1. The van der Waals surface area contributed by atoms with Gasteiger partial charge in [0.05, 0.1) is 25.2 Å². The number of amides is 2. The number of aryl methyl sites for hydroxylation is 2. The first-order chi connectivity index (χ1) is 17.5. The van der Waals surface area contributed by atoms with Crippen LogP contribution in [0.3, 0.4) is 0 Å². The van der Waals surface area contributed by atoms with Crippen molar-refractivity contribution in [3.63, 3.8) is 0 Å². The summed E-state index contributed by atoms with van der Waals surface area (Å²) in [6.07, 6.45) is 3.82. The fourth-order valence-corrected chi connectivity index (χ4v) is 6.66. The lowest BCUT2D eigenvalue weighted by Crippen LogP contribution is -2.49. The van der Waals surface area contributed by atoms with Gasteiger partial charge in [-0.15, -0.1) is 0 Å². The Hall–Kier alpha value is -2.21. The molecule has 11 heteroatoms. The molecule has 1 aromatic carbocycles. The van der Waals surface area contributed by atoms with Gasteiger partial charge in [0, 0.05) is 39.8 Å². The zero-order chi connectivity index (χ0) is 27.2. The SMILES string of the molecule is COc1cc(C)c(S(=O)(=O)N(C)CCOCC(=O)N(C)C2CCN(C(=O)CN3CCCC3)CC2)c(C)c1. The van der Waals surface area contributed by atoms with Crippen LogP contribution in [0.25, 0.3) is 0 Å². The van der Waals surface area contributed by atoms with E-state index in [0.29, 0.717) is 36.5 Å². The predicted molar refractivity (Wildman–Crippen MR) is 141 cm³/mol. The zero-order valence-electron chi connectivity index (χ0n) is 22.9. The second kappa shape index (κ2) is 13.0. The summed E-state index contributed by atoms with van der Waals surface area (Å²) in [5.41, 5.74) is 1.23. The van der Waals surface area contributed by atoms with E-state index in [2.05, 4.69) is 4.90 Å². The summed E-state index contributed by atoms with van der Waals surface area (Å²) in [5.74, 6) is 0.646. The van der Waals surface area contributed by atoms with Crippen molar-refractivity contribution in [2.24, 2.45) is 0 Å². The number of ether oxygens (including phenoxy) is 2. The van der Waals surface area contributed by atoms with Gasteiger partial charge in [0.25, 0.3) is 0 Å². The van der Waals surface area contributed by atoms with Crippen molar-refractivity contribution in [3.8, 4) is 5.75 Å². The third-order valence-corrected chi connectivity index (χ3v) is 9.59. The van der Waals surface area contributed by atoms with Gasteiger partial charge in [0.15, 0.2) is 0 Å². The summed E-state index contributed by atoms with van der Waals surface area (Å²) >= 11 is 0. The number of piperidine rings is 1. The molecular formula is C26H42N4O6S. The molecular weight excluding hydrogens is 496 g/mol. The van der Waals surface area contributed by atoms with Crippen LogP contribution >= 0.6 is 0 Å². The quantitative estimate of drug-likeness (QED) is 0.394. The molecule has 2 fully saturated rings. The van der Waals surface area contributed by atoms with Gasteiger partial charge in [-0.25, -0.2) is 8.42 Å². The lowest BCUT2D eigenvalue weighted by atomic mass is 10.0. The molecule has 10 nitrogen and oxygen atoms in total. The highest BCUT2D eigenvalue weighted by molar-refractivity contribution is 7.89. The van der Waals surface area contributed by atoms with Gasteiger partial charge >= 0.3 is 0 Å². The molecule has 0 radical (unpaired) electrons. The molecule has 0 aromatic heterocycles. The summed E-state index contributed by atoms with van der Waals surface area (Å²) in [6.45, 7) is 7.42. The maximum atomic E-state index is 13.1. The number of nitrogens with zero attached hydrogens (tertiary/aromatic N) is 4. The molecule has 2 amide bonds. The maximum Gasteiger partial charge on any atom is 0.248 e. The number of methoxy groups -OCH3 is 1. The van der Waals surface area contributed by atoms with E-state index in [4.69, 9.17) is 9.47 Å². The van der Waals surface area contributed by atoms with Gasteiger partial charge in [0.1, 0.15) is 12.4 Å². The van der Waals surface area contributed by atoms with Crippen molar-refractivity contribution in [1.82, 2.24) is 19.0 Å². The molecule has 0 saturated carbocycles. The van der Waals surface area contributed by atoms with Crippen LogP contribution in [-0.4, -0.2) is 119 Å². The van der Waals surface area contributed by atoms with E-state index in [-0.39, 0.29) is 42.5 Å². The second-order valence-electron chi connectivity index (χ2n) is 10.1. The zero-order valence-corrected chi connectivity index (χ0v) is 23.7. The minimum atomic E-state index is -3.71. The first kappa shape index (κ1) is 29.3. The molecule has 37 heavy (non-hydrogen) atoms. The van der Waals surface area contributed by atoms with Crippen molar-refractivity contribution in [2.45, 2.75) is 50.5 Å². The van der Waals surface area contributed by atoms with E-state index in [1.165, 1.54) is 24.2 Å². The van der Waals surface area contributed by atoms with E-state index in [1.54, 1.807) is 45.0 Å².